The predicted octanol–water partition coefficient (Wildman–Crippen LogP) is 3.57. The van der Waals surface area contributed by atoms with Crippen molar-refractivity contribution in [2.45, 2.75) is 19.0 Å². The summed E-state index contributed by atoms with van der Waals surface area (Å²) in [6.07, 6.45) is -3.88. The standard InChI is InChI=1S/C25H21F3N4O5S/c1-15-22(30-2)20(17-9-7-16(14-29)8-10-17)21(23(33)31-11-12-37-38(3,35)36)24(34)32(15)19-6-4-5-18(13-19)25(26,27)28/h4-10,13,20-21H,11-12H2,1,3H3,(H,31,33). The number of rotatable bonds is 7. The number of carbonyl (C=O) groups is 2. The number of benzene rings is 2. The molecule has 2 aromatic carbocycles. The molecule has 2 amide bonds. The number of allylic oxidation sites excluding steroid dienone is 2. The highest BCUT2D eigenvalue weighted by atomic mass is 32.2. The second kappa shape index (κ2) is 11.0. The quantitative estimate of drug-likeness (QED) is 0.245. The SMILES string of the molecule is [C-]#[N+]C1=C(C)N(c2cccc(C(F)(F)F)c2)C(=O)C(C(=O)NCCOS(C)(=O)=O)C1c1ccc(C#N)cc1. The molecular formula is C25H21F3N4O5S. The molecule has 0 aliphatic carbocycles. The number of hydrogen-bond acceptors (Lipinski definition) is 6. The van der Waals surface area contributed by atoms with Crippen molar-refractivity contribution in [1.29, 1.82) is 5.26 Å². The minimum atomic E-state index is -4.70. The Labute approximate surface area is 217 Å². The topological polar surface area (TPSA) is 121 Å². The number of nitrogens with zero attached hydrogens (tertiary/aromatic N) is 3. The molecule has 9 nitrogen and oxygen atoms in total. The van der Waals surface area contributed by atoms with E-state index in [2.05, 4.69) is 14.3 Å². The van der Waals surface area contributed by atoms with Gasteiger partial charge in [-0.2, -0.15) is 26.9 Å². The van der Waals surface area contributed by atoms with Gasteiger partial charge in [0.25, 0.3) is 10.1 Å². The van der Waals surface area contributed by atoms with Crippen LogP contribution in [0.1, 0.15) is 29.5 Å². The van der Waals surface area contributed by atoms with Crippen molar-refractivity contribution in [3.05, 3.63) is 88.0 Å². The Morgan fingerprint density at radius 3 is 2.45 bits per heavy atom. The number of halogens is 3. The van der Waals surface area contributed by atoms with E-state index in [0.717, 1.165) is 29.4 Å². The van der Waals surface area contributed by atoms with E-state index in [0.29, 0.717) is 11.1 Å². The summed E-state index contributed by atoms with van der Waals surface area (Å²) in [7, 11) is -3.79. The lowest BCUT2D eigenvalue weighted by atomic mass is 9.78. The van der Waals surface area contributed by atoms with Gasteiger partial charge in [-0.1, -0.05) is 18.2 Å². The molecule has 0 bridgehead atoms. The summed E-state index contributed by atoms with van der Waals surface area (Å²) >= 11 is 0. The second-order valence-electron chi connectivity index (χ2n) is 8.31. The van der Waals surface area contributed by atoms with Gasteiger partial charge in [-0.15, -0.1) is 0 Å². The van der Waals surface area contributed by atoms with E-state index in [4.69, 9.17) is 11.8 Å². The Hall–Kier alpha value is -4.20. The van der Waals surface area contributed by atoms with Gasteiger partial charge in [0.05, 0.1) is 36.6 Å². The lowest BCUT2D eigenvalue weighted by Gasteiger charge is -2.38. The monoisotopic (exact) mass is 546 g/mol. The minimum Gasteiger partial charge on any atom is -0.353 e. The number of alkyl halides is 3. The highest BCUT2D eigenvalue weighted by Gasteiger charge is 2.47. The number of nitrogens with one attached hydrogen (secondary N) is 1. The number of nitriles is 1. The number of amides is 2. The van der Waals surface area contributed by atoms with Crippen molar-refractivity contribution < 1.29 is 35.4 Å². The van der Waals surface area contributed by atoms with Gasteiger partial charge in [0.2, 0.25) is 11.8 Å². The van der Waals surface area contributed by atoms with E-state index in [1.807, 2.05) is 6.07 Å². The molecule has 3 rings (SSSR count). The first kappa shape index (κ1) is 28.4. The third-order valence-electron chi connectivity index (χ3n) is 5.75. The zero-order valence-electron chi connectivity index (χ0n) is 20.1. The van der Waals surface area contributed by atoms with Crippen LogP contribution in [-0.2, 0) is 30.1 Å². The van der Waals surface area contributed by atoms with Crippen molar-refractivity contribution in [1.82, 2.24) is 5.32 Å². The van der Waals surface area contributed by atoms with Crippen LogP contribution in [0.25, 0.3) is 4.85 Å². The molecule has 1 heterocycles. The fraction of sp³-hybridized carbons (Fsp3) is 0.280. The van der Waals surface area contributed by atoms with Gasteiger partial charge in [-0.3, -0.25) is 18.7 Å². The zero-order valence-corrected chi connectivity index (χ0v) is 20.9. The molecule has 1 N–H and O–H groups in total. The van der Waals surface area contributed by atoms with Gasteiger partial charge in [0, 0.05) is 23.8 Å². The van der Waals surface area contributed by atoms with Gasteiger partial charge in [-0.05, 0) is 42.8 Å². The Balaban J connectivity index is 2.12. The molecule has 2 aromatic rings. The first-order valence-corrected chi connectivity index (χ1v) is 12.8. The Kier molecular flexibility index (Phi) is 8.25. The molecule has 0 aromatic heterocycles. The van der Waals surface area contributed by atoms with E-state index in [1.165, 1.54) is 37.3 Å². The van der Waals surface area contributed by atoms with Crippen LogP contribution in [0.15, 0.2) is 59.9 Å². The summed E-state index contributed by atoms with van der Waals surface area (Å²) in [5.41, 5.74) is -0.556. The summed E-state index contributed by atoms with van der Waals surface area (Å²) in [5.74, 6) is -4.48. The largest absolute Gasteiger partial charge is 0.416 e. The molecule has 0 spiro atoms. The Morgan fingerprint density at radius 1 is 1.24 bits per heavy atom. The Bertz CT molecular complexity index is 1470. The van der Waals surface area contributed by atoms with Crippen LogP contribution in [0, 0.1) is 23.8 Å². The molecule has 2 unspecified atom stereocenters. The van der Waals surface area contributed by atoms with Crippen molar-refractivity contribution in [3.63, 3.8) is 0 Å². The summed E-state index contributed by atoms with van der Waals surface area (Å²) < 4.78 is 67.1. The lowest BCUT2D eigenvalue weighted by molar-refractivity contribution is -0.138. The maximum atomic E-state index is 13.8. The van der Waals surface area contributed by atoms with Crippen molar-refractivity contribution in [3.8, 4) is 6.07 Å². The first-order chi connectivity index (χ1) is 17.8. The summed E-state index contributed by atoms with van der Waals surface area (Å²) in [6.45, 7) is 8.47. The van der Waals surface area contributed by atoms with Gasteiger partial charge >= 0.3 is 6.18 Å². The summed E-state index contributed by atoms with van der Waals surface area (Å²) in [5, 5.41) is 11.5. The summed E-state index contributed by atoms with van der Waals surface area (Å²) in [6, 6.07) is 11.8. The molecule has 0 saturated carbocycles. The lowest BCUT2D eigenvalue weighted by Crippen LogP contribution is -2.50. The molecule has 198 valence electrons. The highest BCUT2D eigenvalue weighted by Crippen LogP contribution is 2.43. The van der Waals surface area contributed by atoms with Crippen molar-refractivity contribution in [2.75, 3.05) is 24.3 Å². The van der Waals surface area contributed by atoms with Crippen LogP contribution in [0.5, 0.6) is 0 Å². The molecular weight excluding hydrogens is 525 g/mol. The van der Waals surface area contributed by atoms with Crippen LogP contribution >= 0.6 is 0 Å². The zero-order chi connectivity index (χ0) is 28.3. The molecule has 2 atom stereocenters. The van der Waals surface area contributed by atoms with Gasteiger partial charge in [0.15, 0.2) is 5.70 Å². The van der Waals surface area contributed by atoms with E-state index in [-0.39, 0.29) is 23.6 Å². The number of anilines is 1. The Morgan fingerprint density at radius 2 is 1.89 bits per heavy atom. The van der Waals surface area contributed by atoms with E-state index >= 15 is 0 Å². The van der Waals surface area contributed by atoms with E-state index < -0.39 is 52.1 Å². The third kappa shape index (κ3) is 6.19. The summed E-state index contributed by atoms with van der Waals surface area (Å²) in [4.78, 5) is 31.5. The van der Waals surface area contributed by atoms with Crippen LogP contribution in [0.3, 0.4) is 0 Å². The van der Waals surface area contributed by atoms with E-state index in [9.17, 15) is 31.2 Å². The van der Waals surface area contributed by atoms with Crippen LogP contribution < -0.4 is 10.2 Å². The van der Waals surface area contributed by atoms with Crippen molar-refractivity contribution in [2.24, 2.45) is 5.92 Å². The molecule has 0 saturated heterocycles. The van der Waals surface area contributed by atoms with Gasteiger partial charge in [-0.25, -0.2) is 4.85 Å². The molecule has 0 fully saturated rings. The molecule has 1 aliphatic rings. The fourth-order valence-corrected chi connectivity index (χ4v) is 4.48. The molecule has 0 radical (unpaired) electrons. The average molecular weight is 547 g/mol. The molecule has 38 heavy (non-hydrogen) atoms. The van der Waals surface area contributed by atoms with E-state index in [1.54, 1.807) is 0 Å². The maximum Gasteiger partial charge on any atom is 0.416 e. The van der Waals surface area contributed by atoms with Gasteiger partial charge < -0.3 is 5.32 Å². The third-order valence-corrected chi connectivity index (χ3v) is 6.35. The average Bonchev–Trinajstić information content (AvgIpc) is 2.85. The van der Waals surface area contributed by atoms with Gasteiger partial charge in [0.1, 0.15) is 5.92 Å². The van der Waals surface area contributed by atoms with Crippen LogP contribution in [0.2, 0.25) is 0 Å². The first-order valence-electron chi connectivity index (χ1n) is 11.0. The maximum absolute atomic E-state index is 13.8. The second-order valence-corrected chi connectivity index (χ2v) is 9.95. The highest BCUT2D eigenvalue weighted by molar-refractivity contribution is 7.85. The fourth-order valence-electron chi connectivity index (χ4n) is 4.09. The predicted molar refractivity (Wildman–Crippen MR) is 129 cm³/mol. The number of hydrogen-bond donors (Lipinski definition) is 1. The molecule has 1 aliphatic heterocycles. The number of carbonyl (C=O) groups excluding carboxylic acids is 2. The smallest absolute Gasteiger partial charge is 0.353 e. The normalized spacial score (nSPS) is 18.1. The minimum absolute atomic E-state index is 0.0446. The van der Waals surface area contributed by atoms with Crippen LogP contribution in [0.4, 0.5) is 18.9 Å². The molecule has 13 heteroatoms. The van der Waals surface area contributed by atoms with Crippen molar-refractivity contribution >= 4 is 27.6 Å². The van der Waals surface area contributed by atoms with Crippen LogP contribution in [-0.4, -0.2) is 39.6 Å².